The predicted octanol–water partition coefficient (Wildman–Crippen LogP) is 1.92. The molecule has 124 valence electrons. The fraction of sp³-hybridized carbons (Fsp3) is 0.688. The van der Waals surface area contributed by atoms with E-state index < -0.39 is 0 Å². The third-order valence-electron chi connectivity index (χ3n) is 5.26. The molecular formula is C16H21ClN4O2. The maximum atomic E-state index is 11.3. The fourth-order valence-electron chi connectivity index (χ4n) is 3.81. The largest absolute Gasteiger partial charge is 0.378 e. The maximum absolute atomic E-state index is 11.3. The van der Waals surface area contributed by atoms with Crippen molar-refractivity contribution >= 4 is 29.2 Å². The van der Waals surface area contributed by atoms with Gasteiger partial charge in [0.15, 0.2) is 0 Å². The van der Waals surface area contributed by atoms with E-state index in [1.165, 1.54) is 0 Å². The average Bonchev–Trinajstić information content (AvgIpc) is 2.54. The summed E-state index contributed by atoms with van der Waals surface area (Å²) in [6, 6.07) is 1.84. The van der Waals surface area contributed by atoms with Crippen LogP contribution in [0.4, 0.5) is 11.8 Å². The number of ketones is 1. The molecule has 0 atom stereocenters. The SMILES string of the molecule is O=C1CC2(CCN(c3cc(Cl)nc(N4CCOCC4)n3)CC2)C1. The molecule has 0 amide bonds. The smallest absolute Gasteiger partial charge is 0.228 e. The summed E-state index contributed by atoms with van der Waals surface area (Å²) in [5, 5.41) is 0.482. The Bertz CT molecular complexity index is 600. The number of carbonyl (C=O) groups excluding carboxylic acids is 1. The zero-order valence-electron chi connectivity index (χ0n) is 13.1. The highest BCUT2D eigenvalue weighted by Gasteiger charge is 2.45. The van der Waals surface area contributed by atoms with Gasteiger partial charge in [0.1, 0.15) is 16.8 Å². The highest BCUT2D eigenvalue weighted by Crippen LogP contribution is 2.47. The molecule has 2 saturated heterocycles. The number of nitrogens with zero attached hydrogens (tertiary/aromatic N) is 4. The van der Waals surface area contributed by atoms with Crippen molar-refractivity contribution in [1.82, 2.24) is 9.97 Å². The molecule has 0 radical (unpaired) electrons. The van der Waals surface area contributed by atoms with Crippen molar-refractivity contribution in [2.45, 2.75) is 25.7 Å². The van der Waals surface area contributed by atoms with Crippen LogP contribution in [0.5, 0.6) is 0 Å². The predicted molar refractivity (Wildman–Crippen MR) is 88.2 cm³/mol. The number of carbonyl (C=O) groups is 1. The van der Waals surface area contributed by atoms with Crippen LogP contribution in [0, 0.1) is 5.41 Å². The number of hydrogen-bond acceptors (Lipinski definition) is 6. The average molecular weight is 337 g/mol. The van der Waals surface area contributed by atoms with Gasteiger partial charge in [0.05, 0.1) is 13.2 Å². The van der Waals surface area contributed by atoms with Crippen LogP contribution in [0.3, 0.4) is 0 Å². The van der Waals surface area contributed by atoms with Gasteiger partial charge in [-0.3, -0.25) is 4.79 Å². The summed E-state index contributed by atoms with van der Waals surface area (Å²) in [6.07, 6.45) is 3.66. The van der Waals surface area contributed by atoms with E-state index in [1.54, 1.807) is 0 Å². The first-order chi connectivity index (χ1) is 11.1. The summed E-state index contributed by atoms with van der Waals surface area (Å²) in [4.78, 5) is 24.8. The molecule has 3 heterocycles. The first-order valence-electron chi connectivity index (χ1n) is 8.28. The molecule has 1 spiro atoms. The second kappa shape index (κ2) is 5.91. The van der Waals surface area contributed by atoms with Crippen molar-refractivity contribution in [1.29, 1.82) is 0 Å². The summed E-state index contributed by atoms with van der Waals surface area (Å²) in [5.41, 5.74) is 0.275. The van der Waals surface area contributed by atoms with Gasteiger partial charge < -0.3 is 14.5 Å². The molecule has 23 heavy (non-hydrogen) atoms. The van der Waals surface area contributed by atoms with Gasteiger partial charge >= 0.3 is 0 Å². The number of ether oxygens (including phenoxy) is 1. The van der Waals surface area contributed by atoms with Gasteiger partial charge in [-0.05, 0) is 18.3 Å². The van der Waals surface area contributed by atoms with Gasteiger partial charge in [0.2, 0.25) is 5.95 Å². The molecular weight excluding hydrogens is 316 g/mol. The highest BCUT2D eigenvalue weighted by molar-refractivity contribution is 6.29. The number of morpholine rings is 1. The van der Waals surface area contributed by atoms with E-state index in [2.05, 4.69) is 14.8 Å². The summed E-state index contributed by atoms with van der Waals surface area (Å²) in [6.45, 7) is 4.86. The Balaban J connectivity index is 1.48. The monoisotopic (exact) mass is 336 g/mol. The number of Topliss-reactive ketones (excluding diaryl/α,β-unsaturated/α-hetero) is 1. The van der Waals surface area contributed by atoms with Gasteiger partial charge in [-0.2, -0.15) is 4.98 Å². The molecule has 7 heteroatoms. The molecule has 0 N–H and O–H groups in total. The molecule has 6 nitrogen and oxygen atoms in total. The fourth-order valence-corrected chi connectivity index (χ4v) is 3.98. The van der Waals surface area contributed by atoms with E-state index in [-0.39, 0.29) is 5.41 Å². The van der Waals surface area contributed by atoms with Gasteiger partial charge in [-0.25, -0.2) is 4.98 Å². The van der Waals surface area contributed by atoms with E-state index in [9.17, 15) is 4.79 Å². The van der Waals surface area contributed by atoms with E-state index in [0.717, 1.165) is 57.7 Å². The molecule has 1 saturated carbocycles. The van der Waals surface area contributed by atoms with Gasteiger partial charge in [-0.1, -0.05) is 11.6 Å². The van der Waals surface area contributed by atoms with Crippen LogP contribution in [0.15, 0.2) is 6.07 Å². The van der Waals surface area contributed by atoms with Gasteiger partial charge in [0, 0.05) is 45.1 Å². The molecule has 0 unspecified atom stereocenters. The zero-order chi connectivity index (χ0) is 15.9. The topological polar surface area (TPSA) is 58.6 Å². The van der Waals surface area contributed by atoms with E-state index in [0.29, 0.717) is 30.1 Å². The lowest BCUT2D eigenvalue weighted by Crippen LogP contribution is -2.47. The molecule has 1 aromatic rings. The minimum absolute atomic E-state index is 0.275. The van der Waals surface area contributed by atoms with E-state index in [4.69, 9.17) is 21.3 Å². The summed E-state index contributed by atoms with van der Waals surface area (Å²) < 4.78 is 5.38. The van der Waals surface area contributed by atoms with Crippen molar-refractivity contribution in [2.75, 3.05) is 49.2 Å². The Hall–Kier alpha value is -1.40. The molecule has 1 aromatic heterocycles. The van der Waals surface area contributed by atoms with Crippen LogP contribution in [-0.2, 0) is 9.53 Å². The number of rotatable bonds is 2. The molecule has 1 aliphatic carbocycles. The van der Waals surface area contributed by atoms with Crippen molar-refractivity contribution in [3.05, 3.63) is 11.2 Å². The highest BCUT2D eigenvalue weighted by atomic mass is 35.5. The molecule has 3 fully saturated rings. The summed E-state index contributed by atoms with van der Waals surface area (Å²) in [5.74, 6) is 2.00. The number of hydrogen-bond donors (Lipinski definition) is 0. The van der Waals surface area contributed by atoms with Crippen LogP contribution >= 0.6 is 11.6 Å². The maximum Gasteiger partial charge on any atom is 0.228 e. The lowest BCUT2D eigenvalue weighted by molar-refractivity contribution is -0.133. The van der Waals surface area contributed by atoms with Crippen molar-refractivity contribution in [3.8, 4) is 0 Å². The molecule has 4 rings (SSSR count). The number of piperidine rings is 1. The van der Waals surface area contributed by atoms with E-state index in [1.807, 2.05) is 6.07 Å². The second-order valence-corrected chi connectivity index (χ2v) is 7.21. The van der Waals surface area contributed by atoms with Crippen molar-refractivity contribution in [2.24, 2.45) is 5.41 Å². The number of halogens is 1. The van der Waals surface area contributed by atoms with E-state index >= 15 is 0 Å². The Morgan fingerprint density at radius 3 is 2.39 bits per heavy atom. The quantitative estimate of drug-likeness (QED) is 0.769. The first kappa shape index (κ1) is 15.1. The minimum Gasteiger partial charge on any atom is -0.378 e. The van der Waals surface area contributed by atoms with Crippen LogP contribution in [0.25, 0.3) is 0 Å². The van der Waals surface area contributed by atoms with Crippen LogP contribution in [0.2, 0.25) is 5.15 Å². The van der Waals surface area contributed by atoms with Crippen LogP contribution in [0.1, 0.15) is 25.7 Å². The molecule has 0 aromatic carbocycles. The Labute approximate surface area is 140 Å². The second-order valence-electron chi connectivity index (χ2n) is 6.83. The molecule has 0 bridgehead atoms. The number of aromatic nitrogens is 2. The third kappa shape index (κ3) is 3.02. The lowest BCUT2D eigenvalue weighted by atomic mass is 9.62. The third-order valence-corrected chi connectivity index (χ3v) is 5.45. The zero-order valence-corrected chi connectivity index (χ0v) is 13.9. The first-order valence-corrected chi connectivity index (χ1v) is 8.65. The molecule has 2 aliphatic heterocycles. The van der Waals surface area contributed by atoms with Crippen LogP contribution in [-0.4, -0.2) is 55.1 Å². The number of anilines is 2. The van der Waals surface area contributed by atoms with Crippen molar-refractivity contribution in [3.63, 3.8) is 0 Å². The summed E-state index contributed by atoms with van der Waals surface area (Å²) in [7, 11) is 0. The Morgan fingerprint density at radius 2 is 1.74 bits per heavy atom. The molecule has 3 aliphatic rings. The van der Waals surface area contributed by atoms with Crippen LogP contribution < -0.4 is 9.80 Å². The van der Waals surface area contributed by atoms with Crippen molar-refractivity contribution < 1.29 is 9.53 Å². The Kier molecular flexibility index (Phi) is 3.89. The Morgan fingerprint density at radius 1 is 1.04 bits per heavy atom. The van der Waals surface area contributed by atoms with Gasteiger partial charge in [0.25, 0.3) is 0 Å². The normalized spacial score (nSPS) is 24.0. The minimum atomic E-state index is 0.275. The van der Waals surface area contributed by atoms with Gasteiger partial charge in [-0.15, -0.1) is 0 Å². The standard InChI is InChI=1S/C16H21ClN4O2/c17-13-9-14(19-15(18-13)21-5-7-23-8-6-21)20-3-1-16(2-4-20)10-12(22)11-16/h9H,1-8,10-11H2. The lowest BCUT2D eigenvalue weighted by Gasteiger charge is -2.47. The summed E-state index contributed by atoms with van der Waals surface area (Å²) >= 11 is 6.22.